The number of phenols is 2. The van der Waals surface area contributed by atoms with Gasteiger partial charge in [-0.05, 0) is 24.6 Å². The fourth-order valence-electron chi connectivity index (χ4n) is 0.834. The van der Waals surface area contributed by atoms with E-state index in [1.54, 1.807) is 6.92 Å². The molecule has 0 aliphatic heterocycles. The molecule has 0 fully saturated rings. The molecule has 0 unspecified atom stereocenters. The van der Waals surface area contributed by atoms with Gasteiger partial charge in [-0.1, -0.05) is 6.07 Å². The Hall–Kier alpha value is -1.26. The molecule has 1 rings (SSSR count). The first-order chi connectivity index (χ1) is 6.53. The van der Waals surface area contributed by atoms with Crippen molar-refractivity contribution in [2.75, 3.05) is 0 Å². The number of benzene rings is 1. The minimum Gasteiger partial charge on any atom is -0.504 e. The van der Waals surface area contributed by atoms with Crippen molar-refractivity contribution in [3.63, 3.8) is 0 Å². The molecule has 0 aliphatic carbocycles. The fraction of sp³-hybridized carbons (Fsp3) is 0.250. The maximum atomic E-state index is 9.23. The van der Waals surface area contributed by atoms with Gasteiger partial charge in [-0.2, -0.15) is 0 Å². The van der Waals surface area contributed by atoms with Crippen LogP contribution in [0.15, 0.2) is 18.2 Å². The van der Waals surface area contributed by atoms with Crippen LogP contribution in [0.25, 0.3) is 0 Å². The lowest BCUT2D eigenvalue weighted by Gasteiger charge is -2.19. The lowest BCUT2D eigenvalue weighted by atomic mass is 10.0. The number of nitrogens with two attached hydrogens (primary N) is 2. The Kier molecular flexibility index (Phi) is 1.39. The molecule has 12 heavy (non-hydrogen) atoms. The first-order valence-corrected chi connectivity index (χ1v) is 3.44. The standard InChI is InChI=1S/C8H12N2O2/c1-8(9,10)5-2-3-6(11)7(12)4-5/h2-4,11-12H,9-10H2,1H3/i/hD2. The van der Waals surface area contributed by atoms with Crippen LogP contribution in [0.2, 0.25) is 2.82 Å². The zero-order chi connectivity index (χ0) is 10.8. The van der Waals surface area contributed by atoms with Gasteiger partial charge in [0.25, 0.3) is 0 Å². The highest BCUT2D eigenvalue weighted by atomic mass is 16.3. The summed E-state index contributed by atoms with van der Waals surface area (Å²) in [7, 11) is 0. The molecule has 0 radical (unpaired) electrons. The topological polar surface area (TPSA) is 92.5 Å². The van der Waals surface area contributed by atoms with Crippen molar-refractivity contribution < 1.29 is 13.0 Å². The molecule has 0 spiro atoms. The van der Waals surface area contributed by atoms with Crippen molar-refractivity contribution in [2.24, 2.45) is 11.5 Å². The van der Waals surface area contributed by atoms with Crippen molar-refractivity contribution in [3.05, 3.63) is 23.8 Å². The predicted molar refractivity (Wildman–Crippen MR) is 45.5 cm³/mol. The van der Waals surface area contributed by atoms with Gasteiger partial charge in [0.05, 0.1) is 5.66 Å². The van der Waals surface area contributed by atoms with Gasteiger partial charge in [0.15, 0.2) is 11.5 Å². The normalized spacial score (nSPS) is 13.8. The molecule has 0 amide bonds. The van der Waals surface area contributed by atoms with Crippen LogP contribution < -0.4 is 11.5 Å². The van der Waals surface area contributed by atoms with Crippen molar-refractivity contribution >= 4 is 0 Å². The molecule has 4 heteroatoms. The minimum absolute atomic E-state index is 0.230. The van der Waals surface area contributed by atoms with Crippen LogP contribution in [0.5, 0.6) is 11.5 Å². The largest absolute Gasteiger partial charge is 0.504 e. The fourth-order valence-corrected chi connectivity index (χ4v) is 0.834. The number of hydrogen-bond acceptors (Lipinski definition) is 4. The second kappa shape index (κ2) is 2.66. The van der Waals surface area contributed by atoms with E-state index >= 15 is 0 Å². The molecule has 66 valence electrons. The van der Waals surface area contributed by atoms with Gasteiger partial charge < -0.3 is 21.7 Å². The summed E-state index contributed by atoms with van der Waals surface area (Å²) in [6.07, 6.45) is 0. The van der Waals surface area contributed by atoms with E-state index in [1.807, 2.05) is 0 Å². The van der Waals surface area contributed by atoms with Gasteiger partial charge in [-0.15, -0.1) is 0 Å². The van der Waals surface area contributed by atoms with Crippen LogP contribution in [-0.4, -0.2) is 10.2 Å². The second-order valence-corrected chi connectivity index (χ2v) is 2.83. The Labute approximate surface area is 73.4 Å². The van der Waals surface area contributed by atoms with Crippen molar-refractivity contribution in [2.45, 2.75) is 12.6 Å². The van der Waals surface area contributed by atoms with E-state index in [9.17, 15) is 5.11 Å². The maximum Gasteiger partial charge on any atom is 0.157 e. The van der Waals surface area contributed by atoms with Crippen molar-refractivity contribution in [1.82, 2.24) is 0 Å². The summed E-state index contributed by atoms with van der Waals surface area (Å²) in [5.41, 5.74) is 3.71. The quantitative estimate of drug-likeness (QED) is 0.385. The SMILES string of the molecule is [2H]NC(C)(N[2H])c1ccc(O)c(O)c1. The van der Waals surface area contributed by atoms with Gasteiger partial charge in [-0.3, -0.25) is 0 Å². The first kappa shape index (κ1) is 6.28. The summed E-state index contributed by atoms with van der Waals surface area (Å²) in [6.45, 7) is 1.57. The van der Waals surface area contributed by atoms with Crippen molar-refractivity contribution in [3.8, 4) is 11.5 Å². The molecule has 1 aromatic rings. The van der Waals surface area contributed by atoms with Gasteiger partial charge >= 0.3 is 0 Å². The number of rotatable bonds is 3. The Balaban J connectivity index is 3.12. The third kappa shape index (κ3) is 1.66. The van der Waals surface area contributed by atoms with E-state index < -0.39 is 5.66 Å². The third-order valence-electron chi connectivity index (χ3n) is 1.55. The van der Waals surface area contributed by atoms with E-state index in [0.29, 0.717) is 5.56 Å². The first-order valence-electron chi connectivity index (χ1n) is 4.44. The molecule has 0 saturated heterocycles. The molecule has 0 bridgehead atoms. The highest BCUT2D eigenvalue weighted by molar-refractivity contribution is 5.42. The summed E-state index contributed by atoms with van der Waals surface area (Å²) in [5.74, 6) is -0.509. The van der Waals surface area contributed by atoms with Crippen molar-refractivity contribution in [1.29, 1.82) is 0 Å². The van der Waals surface area contributed by atoms with Crippen LogP contribution in [0.1, 0.15) is 12.5 Å². The summed E-state index contributed by atoms with van der Waals surface area (Å²) in [6, 6.07) is 4.11. The Bertz CT molecular complexity index is 329. The lowest BCUT2D eigenvalue weighted by molar-refractivity contribution is 0.400. The number of hydrogen-bond donors (Lipinski definition) is 4. The van der Waals surface area contributed by atoms with Crippen LogP contribution in [0.4, 0.5) is 0 Å². The molecular formula is C8H12N2O2. The van der Waals surface area contributed by atoms with Gasteiger partial charge in [0.2, 0.25) is 0 Å². The summed E-state index contributed by atoms with van der Waals surface area (Å²) >= 11 is 0. The zero-order valence-electron chi connectivity index (χ0n) is 8.63. The molecule has 6 N–H and O–H groups in total. The number of aromatic hydroxyl groups is 2. The van der Waals surface area contributed by atoms with E-state index in [-0.39, 0.29) is 11.5 Å². The van der Waals surface area contributed by atoms with Crippen LogP contribution in [0, 0.1) is 0 Å². The van der Waals surface area contributed by atoms with Crippen LogP contribution in [-0.2, 0) is 5.66 Å². The van der Waals surface area contributed by atoms with Gasteiger partial charge in [0, 0.05) is 0 Å². The van der Waals surface area contributed by atoms with Crippen LogP contribution in [0.3, 0.4) is 0 Å². The second-order valence-electron chi connectivity index (χ2n) is 2.83. The highest BCUT2D eigenvalue weighted by Gasteiger charge is 2.15. The molecule has 0 saturated carbocycles. The molecule has 0 aliphatic rings. The average molecular weight is 170 g/mol. The van der Waals surface area contributed by atoms with E-state index in [1.165, 1.54) is 18.2 Å². The summed E-state index contributed by atoms with van der Waals surface area (Å²) in [4.78, 5) is 0. The maximum absolute atomic E-state index is 9.23. The molecule has 0 heterocycles. The molecule has 0 atom stereocenters. The van der Waals surface area contributed by atoms with Gasteiger partial charge in [-0.25, -0.2) is 0 Å². The molecule has 4 nitrogen and oxygen atoms in total. The molecule has 1 aromatic carbocycles. The van der Waals surface area contributed by atoms with E-state index in [2.05, 4.69) is 11.5 Å². The Morgan fingerprint density at radius 2 is 2.00 bits per heavy atom. The highest BCUT2D eigenvalue weighted by Crippen LogP contribution is 2.27. The third-order valence-corrected chi connectivity index (χ3v) is 1.55. The Morgan fingerprint density at radius 1 is 1.33 bits per heavy atom. The zero-order valence-corrected chi connectivity index (χ0v) is 6.63. The van der Waals surface area contributed by atoms with Gasteiger partial charge in [0.1, 0.15) is 2.82 Å². The molecular weight excluding hydrogens is 156 g/mol. The summed E-state index contributed by atoms with van der Waals surface area (Å²) in [5, 5.41) is 18.3. The smallest absolute Gasteiger partial charge is 0.157 e. The monoisotopic (exact) mass is 170 g/mol. The minimum atomic E-state index is -1.08. The lowest BCUT2D eigenvalue weighted by Crippen LogP contribution is -2.42. The number of phenolic OH excluding ortho intramolecular Hbond substituents is 2. The average Bonchev–Trinajstić information content (AvgIpc) is 2.21. The Morgan fingerprint density at radius 3 is 2.50 bits per heavy atom. The van der Waals surface area contributed by atoms with Crippen LogP contribution >= 0.6 is 0 Å². The molecule has 0 aromatic heterocycles. The summed E-state index contributed by atoms with van der Waals surface area (Å²) < 4.78 is 14.1. The predicted octanol–water partition coefficient (Wildman–Crippen LogP) is 0.188. The van der Waals surface area contributed by atoms with E-state index in [4.69, 9.17) is 7.93 Å². The van der Waals surface area contributed by atoms with E-state index in [0.717, 1.165) is 0 Å².